The van der Waals surface area contributed by atoms with Crippen LogP contribution in [0.25, 0.3) is 0 Å². The molecule has 1 N–H and O–H groups in total. The van der Waals surface area contributed by atoms with Gasteiger partial charge in [0.1, 0.15) is 6.04 Å². The molecule has 6 heteroatoms. The summed E-state index contributed by atoms with van der Waals surface area (Å²) in [6.45, 7) is 4.33. The Bertz CT molecular complexity index is 477. The number of anilines is 1. The zero-order valence-corrected chi connectivity index (χ0v) is 11.7. The van der Waals surface area contributed by atoms with Gasteiger partial charge < -0.3 is 9.64 Å². The molecular weight excluding hydrogens is 256 g/mol. The lowest BCUT2D eigenvalue weighted by atomic mass is 10.0. The number of hydrogen-bond donors (Lipinski definition) is 1. The molecule has 2 atom stereocenters. The van der Waals surface area contributed by atoms with Gasteiger partial charge in [0.2, 0.25) is 0 Å². The average molecular weight is 276 g/mol. The third-order valence-corrected chi connectivity index (χ3v) is 3.90. The van der Waals surface area contributed by atoms with Gasteiger partial charge in [-0.1, -0.05) is 0 Å². The van der Waals surface area contributed by atoms with Crippen LogP contribution >= 0.6 is 0 Å². The second-order valence-electron chi connectivity index (χ2n) is 5.49. The van der Waals surface area contributed by atoms with Crippen LogP contribution in [0, 0.1) is 6.92 Å². The van der Waals surface area contributed by atoms with Crippen molar-refractivity contribution in [2.75, 3.05) is 24.6 Å². The van der Waals surface area contributed by atoms with Gasteiger partial charge in [0.05, 0.1) is 12.3 Å². The van der Waals surface area contributed by atoms with E-state index in [9.17, 15) is 4.79 Å². The lowest BCUT2D eigenvalue weighted by molar-refractivity contribution is -0.139. The maximum atomic E-state index is 11.5. The summed E-state index contributed by atoms with van der Waals surface area (Å²) in [5.74, 6) is 0.799. The fourth-order valence-electron chi connectivity index (χ4n) is 2.81. The van der Waals surface area contributed by atoms with Gasteiger partial charge in [-0.15, -0.1) is 5.10 Å². The first-order valence-electron chi connectivity index (χ1n) is 7.20. The third kappa shape index (κ3) is 2.90. The average Bonchev–Trinajstić information content (AvgIpc) is 2.85. The quantitative estimate of drug-likeness (QED) is 0.818. The molecule has 3 heterocycles. The van der Waals surface area contributed by atoms with Crippen molar-refractivity contribution in [3.05, 3.63) is 17.8 Å². The van der Waals surface area contributed by atoms with Crippen molar-refractivity contribution in [3.8, 4) is 0 Å². The molecule has 20 heavy (non-hydrogen) atoms. The van der Waals surface area contributed by atoms with E-state index < -0.39 is 0 Å². The second kappa shape index (κ2) is 5.75. The van der Waals surface area contributed by atoms with Crippen molar-refractivity contribution in [2.24, 2.45) is 0 Å². The van der Waals surface area contributed by atoms with Gasteiger partial charge in [-0.25, -0.2) is 0 Å². The standard InChI is InChI=1S/C14H20N4O2/c1-10-4-5-13(17-16-10)18-7-2-3-11(9-18)15-12-6-8-20-14(12)19/h4-5,11-12,15H,2-3,6-9H2,1H3. The molecule has 0 aromatic carbocycles. The van der Waals surface area contributed by atoms with Crippen molar-refractivity contribution in [3.63, 3.8) is 0 Å². The molecule has 2 aliphatic rings. The van der Waals surface area contributed by atoms with Crippen LogP contribution in [0.1, 0.15) is 25.0 Å². The van der Waals surface area contributed by atoms with Crippen LogP contribution in [0.3, 0.4) is 0 Å². The first-order chi connectivity index (χ1) is 9.72. The molecule has 1 aromatic heterocycles. The van der Waals surface area contributed by atoms with Gasteiger partial charge in [-0.3, -0.25) is 10.1 Å². The van der Waals surface area contributed by atoms with Crippen LogP contribution in [0.5, 0.6) is 0 Å². The van der Waals surface area contributed by atoms with E-state index in [1.54, 1.807) is 0 Å². The fourth-order valence-corrected chi connectivity index (χ4v) is 2.81. The molecule has 0 bridgehead atoms. The van der Waals surface area contributed by atoms with Gasteiger partial charge in [0.25, 0.3) is 0 Å². The zero-order valence-electron chi connectivity index (χ0n) is 11.7. The van der Waals surface area contributed by atoms with Crippen LogP contribution in [0.2, 0.25) is 0 Å². The number of aromatic nitrogens is 2. The number of rotatable bonds is 3. The molecule has 0 saturated carbocycles. The lowest BCUT2D eigenvalue weighted by Crippen LogP contribution is -2.50. The van der Waals surface area contributed by atoms with Crippen LogP contribution < -0.4 is 10.2 Å². The largest absolute Gasteiger partial charge is 0.464 e. The second-order valence-corrected chi connectivity index (χ2v) is 5.49. The highest BCUT2D eigenvalue weighted by Gasteiger charge is 2.30. The lowest BCUT2D eigenvalue weighted by Gasteiger charge is -2.34. The Labute approximate surface area is 118 Å². The minimum absolute atomic E-state index is 0.114. The molecular formula is C14H20N4O2. The summed E-state index contributed by atoms with van der Waals surface area (Å²) in [5.41, 5.74) is 0.925. The molecule has 0 spiro atoms. The summed E-state index contributed by atoms with van der Waals surface area (Å²) >= 11 is 0. The number of esters is 1. The molecule has 0 amide bonds. The Morgan fingerprint density at radius 2 is 2.25 bits per heavy atom. The van der Waals surface area contributed by atoms with Crippen LogP contribution in [0.15, 0.2) is 12.1 Å². The van der Waals surface area contributed by atoms with E-state index in [-0.39, 0.29) is 12.0 Å². The number of aryl methyl sites for hydroxylation is 1. The Hall–Kier alpha value is -1.69. The molecule has 6 nitrogen and oxygen atoms in total. The number of nitrogens with one attached hydrogen (secondary N) is 1. The number of ether oxygens (including phenoxy) is 1. The molecule has 3 rings (SSSR count). The molecule has 1 aromatic rings. The van der Waals surface area contributed by atoms with Crippen LogP contribution in [0.4, 0.5) is 5.82 Å². The summed E-state index contributed by atoms with van der Waals surface area (Å²) in [6, 6.07) is 4.16. The van der Waals surface area contributed by atoms with E-state index in [1.807, 2.05) is 19.1 Å². The van der Waals surface area contributed by atoms with E-state index >= 15 is 0 Å². The Morgan fingerprint density at radius 1 is 1.35 bits per heavy atom. The summed E-state index contributed by atoms with van der Waals surface area (Å²) in [7, 11) is 0. The van der Waals surface area contributed by atoms with Gasteiger partial charge >= 0.3 is 5.97 Å². The molecule has 108 valence electrons. The monoisotopic (exact) mass is 276 g/mol. The predicted molar refractivity (Wildman–Crippen MR) is 74.5 cm³/mol. The molecule has 0 aliphatic carbocycles. The van der Waals surface area contributed by atoms with E-state index in [1.165, 1.54) is 0 Å². The fraction of sp³-hybridized carbons (Fsp3) is 0.643. The number of piperidine rings is 1. The summed E-state index contributed by atoms with van der Waals surface area (Å²) in [5, 5.41) is 11.8. The number of hydrogen-bond acceptors (Lipinski definition) is 6. The number of carbonyl (C=O) groups is 1. The number of nitrogens with zero attached hydrogens (tertiary/aromatic N) is 3. The van der Waals surface area contributed by atoms with Crippen LogP contribution in [-0.4, -0.2) is 47.9 Å². The summed E-state index contributed by atoms with van der Waals surface area (Å²) in [6.07, 6.45) is 2.95. The molecule has 2 aliphatic heterocycles. The van der Waals surface area contributed by atoms with Gasteiger partial charge in [0.15, 0.2) is 5.82 Å². The van der Waals surface area contributed by atoms with Crippen molar-refractivity contribution in [1.82, 2.24) is 15.5 Å². The van der Waals surface area contributed by atoms with E-state index in [2.05, 4.69) is 20.4 Å². The minimum Gasteiger partial charge on any atom is -0.464 e. The topological polar surface area (TPSA) is 67.3 Å². The predicted octanol–water partition coefficient (Wildman–Crippen LogP) is 0.659. The van der Waals surface area contributed by atoms with E-state index in [4.69, 9.17) is 4.74 Å². The SMILES string of the molecule is Cc1ccc(N2CCCC(NC3CCOC3=O)C2)nn1. The first kappa shape index (κ1) is 13.3. The third-order valence-electron chi connectivity index (χ3n) is 3.90. The smallest absolute Gasteiger partial charge is 0.323 e. The Balaban J connectivity index is 1.61. The summed E-state index contributed by atoms with van der Waals surface area (Å²) in [4.78, 5) is 13.7. The Morgan fingerprint density at radius 3 is 2.95 bits per heavy atom. The normalized spacial score (nSPS) is 26.6. The first-order valence-corrected chi connectivity index (χ1v) is 7.20. The van der Waals surface area contributed by atoms with Gasteiger partial charge in [-0.2, -0.15) is 5.10 Å². The van der Waals surface area contributed by atoms with Crippen molar-refractivity contribution >= 4 is 11.8 Å². The highest BCUT2D eigenvalue weighted by molar-refractivity contribution is 5.77. The zero-order chi connectivity index (χ0) is 13.9. The maximum absolute atomic E-state index is 11.5. The molecule has 0 radical (unpaired) electrons. The molecule has 2 saturated heterocycles. The van der Waals surface area contributed by atoms with Crippen molar-refractivity contribution in [1.29, 1.82) is 0 Å². The highest BCUT2D eigenvalue weighted by atomic mass is 16.5. The van der Waals surface area contributed by atoms with Crippen molar-refractivity contribution < 1.29 is 9.53 Å². The highest BCUT2D eigenvalue weighted by Crippen LogP contribution is 2.18. The number of cyclic esters (lactones) is 1. The van der Waals surface area contributed by atoms with Gasteiger partial charge in [0, 0.05) is 25.6 Å². The maximum Gasteiger partial charge on any atom is 0.323 e. The minimum atomic E-state index is -0.135. The summed E-state index contributed by atoms with van der Waals surface area (Å²) < 4.78 is 4.99. The van der Waals surface area contributed by atoms with E-state index in [0.717, 1.165) is 43.9 Å². The van der Waals surface area contributed by atoms with Gasteiger partial charge in [-0.05, 0) is 31.9 Å². The van der Waals surface area contributed by atoms with Crippen molar-refractivity contribution in [2.45, 2.75) is 38.3 Å². The van der Waals surface area contributed by atoms with Crippen LogP contribution in [-0.2, 0) is 9.53 Å². The molecule has 2 unspecified atom stereocenters. The molecule has 2 fully saturated rings. The number of carbonyl (C=O) groups excluding carboxylic acids is 1. The van der Waals surface area contributed by atoms with E-state index in [0.29, 0.717) is 12.6 Å². The Kier molecular flexibility index (Phi) is 3.82.